The number of nitrogens with zero attached hydrogens (tertiary/aromatic N) is 3. The smallest absolute Gasteiger partial charge is 0.255 e. The Hall–Kier alpha value is -3.12. The first-order chi connectivity index (χ1) is 14.2. The van der Waals surface area contributed by atoms with E-state index in [9.17, 15) is 4.79 Å². The number of carbonyl (C=O) groups excluding carboxylic acids is 1. The van der Waals surface area contributed by atoms with Crippen LogP contribution in [0.25, 0.3) is 16.9 Å². The molecule has 1 saturated heterocycles. The number of hydrogen-bond acceptors (Lipinski definition) is 4. The number of aromatic nitrogens is 2. The Balaban J connectivity index is 1.64. The summed E-state index contributed by atoms with van der Waals surface area (Å²) in [5.74, 6) is 0.671. The summed E-state index contributed by atoms with van der Waals surface area (Å²) in [6, 6.07) is 17.8. The highest BCUT2D eigenvalue weighted by molar-refractivity contribution is 6.00. The molecule has 1 amide bonds. The topological polar surface area (TPSA) is 59.4 Å². The fraction of sp³-hybridized carbons (Fsp3) is 0.304. The third-order valence-corrected chi connectivity index (χ3v) is 5.51. The highest BCUT2D eigenvalue weighted by Gasteiger charge is 2.23. The van der Waals surface area contributed by atoms with E-state index in [1.54, 1.807) is 11.8 Å². The molecule has 4 rings (SSSR count). The highest BCUT2D eigenvalue weighted by Crippen LogP contribution is 2.26. The van der Waals surface area contributed by atoms with E-state index in [1.165, 1.54) is 6.42 Å². The van der Waals surface area contributed by atoms with Crippen molar-refractivity contribution in [3.8, 4) is 22.7 Å². The largest absolute Gasteiger partial charge is 0.497 e. The molecule has 29 heavy (non-hydrogen) atoms. The second-order valence-electron chi connectivity index (χ2n) is 7.39. The third kappa shape index (κ3) is 4.17. The lowest BCUT2D eigenvalue weighted by atomic mass is 10.1. The molecule has 1 N–H and O–H groups in total. The number of rotatable bonds is 6. The van der Waals surface area contributed by atoms with Gasteiger partial charge in [-0.1, -0.05) is 18.2 Å². The zero-order chi connectivity index (χ0) is 20.2. The van der Waals surface area contributed by atoms with Gasteiger partial charge in [0.2, 0.25) is 0 Å². The van der Waals surface area contributed by atoms with Gasteiger partial charge >= 0.3 is 0 Å². The highest BCUT2D eigenvalue weighted by atomic mass is 16.5. The Labute approximate surface area is 171 Å². The average molecular weight is 390 g/mol. The van der Waals surface area contributed by atoms with Crippen LogP contribution in [0.4, 0.5) is 0 Å². The molecule has 1 aliphatic heterocycles. The van der Waals surface area contributed by atoms with Crippen molar-refractivity contribution in [2.75, 3.05) is 27.2 Å². The van der Waals surface area contributed by atoms with Crippen molar-refractivity contribution in [1.82, 2.24) is 20.0 Å². The molecule has 6 heteroatoms. The van der Waals surface area contributed by atoms with E-state index in [2.05, 4.69) is 17.3 Å². The number of methoxy groups -OCH3 is 1. The SMILES string of the molecule is COc1ccc(-c2nn(-c3ccccc3)cc2C(=O)NCC2CCCN2C)cc1. The predicted octanol–water partition coefficient (Wildman–Crippen LogP) is 3.37. The van der Waals surface area contributed by atoms with Gasteiger partial charge < -0.3 is 15.0 Å². The molecule has 1 fully saturated rings. The first-order valence-corrected chi connectivity index (χ1v) is 9.93. The Morgan fingerprint density at radius 1 is 1.17 bits per heavy atom. The Bertz CT molecular complexity index is 966. The normalized spacial score (nSPS) is 16.7. The van der Waals surface area contributed by atoms with Gasteiger partial charge in [0.15, 0.2) is 0 Å². The minimum absolute atomic E-state index is 0.0988. The van der Waals surface area contributed by atoms with E-state index >= 15 is 0 Å². The lowest BCUT2D eigenvalue weighted by Gasteiger charge is -2.19. The second-order valence-corrected chi connectivity index (χ2v) is 7.39. The maximum absolute atomic E-state index is 13.1. The van der Waals surface area contributed by atoms with Crippen molar-refractivity contribution in [3.05, 3.63) is 66.4 Å². The van der Waals surface area contributed by atoms with Gasteiger partial charge in [-0.2, -0.15) is 5.10 Å². The summed E-state index contributed by atoms with van der Waals surface area (Å²) in [7, 11) is 3.75. The summed E-state index contributed by atoms with van der Waals surface area (Å²) in [6.45, 7) is 1.73. The molecule has 2 heterocycles. The molecule has 0 bridgehead atoms. The van der Waals surface area contributed by atoms with Gasteiger partial charge in [0, 0.05) is 24.3 Å². The lowest BCUT2D eigenvalue weighted by Crippen LogP contribution is -2.38. The van der Waals surface area contributed by atoms with E-state index in [-0.39, 0.29) is 5.91 Å². The van der Waals surface area contributed by atoms with Gasteiger partial charge in [-0.3, -0.25) is 4.79 Å². The van der Waals surface area contributed by atoms with Crippen molar-refractivity contribution in [2.45, 2.75) is 18.9 Å². The average Bonchev–Trinajstić information content (AvgIpc) is 3.39. The van der Waals surface area contributed by atoms with Crippen LogP contribution >= 0.6 is 0 Å². The predicted molar refractivity (Wildman–Crippen MR) is 114 cm³/mol. The Morgan fingerprint density at radius 2 is 1.93 bits per heavy atom. The second kappa shape index (κ2) is 8.49. The number of nitrogens with one attached hydrogen (secondary N) is 1. The maximum atomic E-state index is 13.1. The number of carbonyl (C=O) groups is 1. The van der Waals surface area contributed by atoms with Gasteiger partial charge in [-0.05, 0) is 62.8 Å². The molecule has 2 aromatic carbocycles. The molecule has 0 radical (unpaired) electrons. The van der Waals surface area contributed by atoms with Crippen molar-refractivity contribution in [1.29, 1.82) is 0 Å². The van der Waals surface area contributed by atoms with Gasteiger partial charge in [0.1, 0.15) is 11.4 Å². The molecule has 3 aromatic rings. The summed E-state index contributed by atoms with van der Waals surface area (Å²) in [5.41, 5.74) is 3.02. The minimum Gasteiger partial charge on any atom is -0.497 e. The van der Waals surface area contributed by atoms with E-state index in [4.69, 9.17) is 9.84 Å². The van der Waals surface area contributed by atoms with Gasteiger partial charge in [-0.25, -0.2) is 4.68 Å². The van der Waals surface area contributed by atoms with Gasteiger partial charge in [0.05, 0.1) is 18.4 Å². The lowest BCUT2D eigenvalue weighted by molar-refractivity contribution is 0.0944. The van der Waals surface area contributed by atoms with E-state index in [0.29, 0.717) is 23.8 Å². The van der Waals surface area contributed by atoms with E-state index < -0.39 is 0 Å². The third-order valence-electron chi connectivity index (χ3n) is 5.51. The van der Waals surface area contributed by atoms with Gasteiger partial charge in [0.25, 0.3) is 5.91 Å². The number of amides is 1. The van der Waals surface area contributed by atoms with Crippen LogP contribution in [0.15, 0.2) is 60.8 Å². The Morgan fingerprint density at radius 3 is 2.59 bits per heavy atom. The number of hydrogen-bond donors (Lipinski definition) is 1. The summed E-state index contributed by atoms with van der Waals surface area (Å²) in [4.78, 5) is 15.4. The molecule has 0 aliphatic carbocycles. The van der Waals surface area contributed by atoms with Crippen LogP contribution in [0.5, 0.6) is 5.75 Å². The number of para-hydroxylation sites is 1. The van der Waals surface area contributed by atoms with Crippen molar-refractivity contribution < 1.29 is 9.53 Å². The summed E-state index contributed by atoms with van der Waals surface area (Å²) in [6.07, 6.45) is 4.11. The van der Waals surface area contributed by atoms with Crippen molar-refractivity contribution in [2.24, 2.45) is 0 Å². The van der Waals surface area contributed by atoms with Crippen LogP contribution in [0, 0.1) is 0 Å². The first-order valence-electron chi connectivity index (χ1n) is 9.93. The number of likely N-dealkylation sites (N-methyl/N-ethyl adjacent to an activating group) is 1. The van der Waals surface area contributed by atoms with E-state index in [1.807, 2.05) is 60.8 Å². The van der Waals surface area contributed by atoms with E-state index in [0.717, 1.165) is 30.0 Å². The molecule has 1 aliphatic rings. The summed E-state index contributed by atoms with van der Waals surface area (Å²) in [5, 5.41) is 7.84. The quantitative estimate of drug-likeness (QED) is 0.701. The molecule has 0 saturated carbocycles. The molecule has 150 valence electrons. The van der Waals surface area contributed by atoms with Crippen LogP contribution in [-0.4, -0.2) is 53.9 Å². The zero-order valence-electron chi connectivity index (χ0n) is 16.8. The van der Waals surface area contributed by atoms with Crippen LogP contribution in [-0.2, 0) is 0 Å². The standard InChI is InChI=1S/C23H26N4O2/c1-26-14-6-9-19(26)15-24-23(28)21-16-27(18-7-4-3-5-8-18)25-22(21)17-10-12-20(29-2)13-11-17/h3-5,7-8,10-13,16,19H,6,9,14-15H2,1-2H3,(H,24,28). The van der Waals surface area contributed by atoms with Crippen LogP contribution in [0.2, 0.25) is 0 Å². The zero-order valence-corrected chi connectivity index (χ0v) is 16.8. The number of likely N-dealkylation sites (tertiary alicyclic amines) is 1. The molecular weight excluding hydrogens is 364 g/mol. The fourth-order valence-corrected chi connectivity index (χ4v) is 3.76. The Kier molecular flexibility index (Phi) is 5.62. The maximum Gasteiger partial charge on any atom is 0.255 e. The molecule has 0 spiro atoms. The van der Waals surface area contributed by atoms with Crippen LogP contribution < -0.4 is 10.1 Å². The molecule has 1 atom stereocenters. The van der Waals surface area contributed by atoms with Gasteiger partial charge in [-0.15, -0.1) is 0 Å². The molecule has 6 nitrogen and oxygen atoms in total. The summed E-state index contributed by atoms with van der Waals surface area (Å²) >= 11 is 0. The van der Waals surface area contributed by atoms with Crippen LogP contribution in [0.1, 0.15) is 23.2 Å². The van der Waals surface area contributed by atoms with Crippen LogP contribution in [0.3, 0.4) is 0 Å². The minimum atomic E-state index is -0.0988. The molecule has 1 aromatic heterocycles. The van der Waals surface area contributed by atoms with Crippen molar-refractivity contribution >= 4 is 5.91 Å². The number of benzene rings is 2. The monoisotopic (exact) mass is 390 g/mol. The van der Waals surface area contributed by atoms with Crippen molar-refractivity contribution in [3.63, 3.8) is 0 Å². The molecular formula is C23H26N4O2. The number of ether oxygens (including phenoxy) is 1. The molecule has 1 unspecified atom stereocenters. The first kappa shape index (κ1) is 19.2. The fourth-order valence-electron chi connectivity index (χ4n) is 3.76. The summed E-state index contributed by atoms with van der Waals surface area (Å²) < 4.78 is 7.01.